The van der Waals surface area contributed by atoms with Crippen molar-refractivity contribution in [2.75, 3.05) is 5.32 Å². The standard InChI is InChI=1S/C12H14N4O4/c1-2-3-9(6-10(17)18)15-12-11(16(19)20)8(7-13)4-5-14-12/h4-5,9H,2-3,6H2,1H3,(H,14,15)(H,17,18). The predicted octanol–water partition coefficient (Wildman–Crippen LogP) is 1.92. The van der Waals surface area contributed by atoms with Crippen LogP contribution in [-0.4, -0.2) is 27.0 Å². The Hall–Kier alpha value is -2.69. The second-order valence-electron chi connectivity index (χ2n) is 4.15. The molecule has 1 heterocycles. The number of carbonyl (C=O) groups is 1. The molecule has 0 saturated heterocycles. The van der Waals surface area contributed by atoms with Crippen molar-refractivity contribution in [3.05, 3.63) is 27.9 Å². The van der Waals surface area contributed by atoms with Gasteiger partial charge in [0.2, 0.25) is 5.82 Å². The monoisotopic (exact) mass is 278 g/mol. The average molecular weight is 278 g/mol. The number of hydrogen-bond acceptors (Lipinski definition) is 6. The van der Waals surface area contributed by atoms with Crippen molar-refractivity contribution in [1.29, 1.82) is 5.26 Å². The largest absolute Gasteiger partial charge is 0.481 e. The number of pyridine rings is 1. The van der Waals surface area contributed by atoms with Crippen LogP contribution in [0.15, 0.2) is 12.3 Å². The number of anilines is 1. The molecule has 0 aliphatic rings. The zero-order valence-corrected chi connectivity index (χ0v) is 10.9. The summed E-state index contributed by atoms with van der Waals surface area (Å²) in [6, 6.07) is 2.50. The summed E-state index contributed by atoms with van der Waals surface area (Å²) in [6.45, 7) is 1.88. The minimum absolute atomic E-state index is 0.0752. The first-order valence-corrected chi connectivity index (χ1v) is 6.01. The predicted molar refractivity (Wildman–Crippen MR) is 70.2 cm³/mol. The summed E-state index contributed by atoms with van der Waals surface area (Å²) in [5, 5.41) is 31.5. The molecule has 8 nitrogen and oxygen atoms in total. The van der Waals surface area contributed by atoms with Crippen LogP contribution < -0.4 is 5.32 Å². The van der Waals surface area contributed by atoms with E-state index in [9.17, 15) is 14.9 Å². The van der Waals surface area contributed by atoms with Crippen molar-refractivity contribution in [1.82, 2.24) is 4.98 Å². The minimum atomic E-state index is -1.00. The number of aliphatic carboxylic acids is 1. The number of nitrogens with one attached hydrogen (secondary N) is 1. The first-order valence-electron chi connectivity index (χ1n) is 6.01. The van der Waals surface area contributed by atoms with E-state index < -0.39 is 22.6 Å². The fourth-order valence-electron chi connectivity index (χ4n) is 1.81. The molecule has 0 amide bonds. The highest BCUT2D eigenvalue weighted by atomic mass is 16.6. The summed E-state index contributed by atoms with van der Waals surface area (Å²) in [6.07, 6.45) is 2.35. The van der Waals surface area contributed by atoms with Gasteiger partial charge in [0.15, 0.2) is 0 Å². The fraction of sp³-hybridized carbons (Fsp3) is 0.417. The van der Waals surface area contributed by atoms with E-state index in [0.717, 1.165) is 6.42 Å². The molecule has 0 fully saturated rings. The highest BCUT2D eigenvalue weighted by Gasteiger charge is 2.23. The zero-order valence-electron chi connectivity index (χ0n) is 10.9. The molecule has 0 aliphatic heterocycles. The van der Waals surface area contributed by atoms with Gasteiger partial charge < -0.3 is 10.4 Å². The van der Waals surface area contributed by atoms with Crippen LogP contribution in [0.25, 0.3) is 0 Å². The lowest BCUT2D eigenvalue weighted by molar-refractivity contribution is -0.384. The van der Waals surface area contributed by atoms with Crippen LogP contribution in [0.5, 0.6) is 0 Å². The minimum Gasteiger partial charge on any atom is -0.481 e. The van der Waals surface area contributed by atoms with Gasteiger partial charge in [0, 0.05) is 12.2 Å². The maximum atomic E-state index is 11.0. The molecule has 1 aromatic heterocycles. The van der Waals surface area contributed by atoms with Gasteiger partial charge in [0.25, 0.3) is 0 Å². The van der Waals surface area contributed by atoms with Gasteiger partial charge >= 0.3 is 11.7 Å². The average Bonchev–Trinajstić information content (AvgIpc) is 2.37. The van der Waals surface area contributed by atoms with E-state index in [-0.39, 0.29) is 17.8 Å². The summed E-state index contributed by atoms with van der Waals surface area (Å²) >= 11 is 0. The van der Waals surface area contributed by atoms with Gasteiger partial charge in [-0.3, -0.25) is 14.9 Å². The molecule has 0 saturated carbocycles. The Kier molecular flexibility index (Phi) is 5.41. The number of carboxylic acid groups (broad SMARTS) is 1. The second kappa shape index (κ2) is 7.04. The van der Waals surface area contributed by atoms with Crippen LogP contribution in [0.1, 0.15) is 31.7 Å². The lowest BCUT2D eigenvalue weighted by Crippen LogP contribution is -2.24. The molecule has 0 spiro atoms. The summed E-state index contributed by atoms with van der Waals surface area (Å²) in [7, 11) is 0. The van der Waals surface area contributed by atoms with Crippen molar-refractivity contribution in [3.8, 4) is 6.07 Å². The summed E-state index contributed by atoms with van der Waals surface area (Å²) < 4.78 is 0. The van der Waals surface area contributed by atoms with Gasteiger partial charge in [-0.25, -0.2) is 4.98 Å². The van der Waals surface area contributed by atoms with E-state index in [4.69, 9.17) is 10.4 Å². The highest BCUT2D eigenvalue weighted by molar-refractivity contribution is 5.69. The summed E-state index contributed by atoms with van der Waals surface area (Å²) in [5.41, 5.74) is -0.542. The molecule has 106 valence electrons. The van der Waals surface area contributed by atoms with Crippen LogP contribution in [0.4, 0.5) is 11.5 Å². The molecule has 1 aromatic rings. The molecule has 0 radical (unpaired) electrons. The van der Waals surface area contributed by atoms with E-state index in [0.29, 0.717) is 6.42 Å². The van der Waals surface area contributed by atoms with Crippen molar-refractivity contribution in [2.45, 2.75) is 32.2 Å². The molecule has 0 aromatic carbocycles. The second-order valence-corrected chi connectivity index (χ2v) is 4.15. The number of nitrogens with zero attached hydrogens (tertiary/aromatic N) is 3. The van der Waals surface area contributed by atoms with Gasteiger partial charge in [-0.1, -0.05) is 13.3 Å². The van der Waals surface area contributed by atoms with Crippen LogP contribution >= 0.6 is 0 Å². The van der Waals surface area contributed by atoms with E-state index in [1.807, 2.05) is 6.92 Å². The first kappa shape index (κ1) is 15.4. The number of aromatic nitrogens is 1. The van der Waals surface area contributed by atoms with Gasteiger partial charge in [-0.15, -0.1) is 0 Å². The number of nitriles is 1. The smallest absolute Gasteiger partial charge is 0.328 e. The molecule has 8 heteroatoms. The number of rotatable bonds is 7. The van der Waals surface area contributed by atoms with Crippen LogP contribution in [-0.2, 0) is 4.79 Å². The lowest BCUT2D eigenvalue weighted by Gasteiger charge is -2.16. The maximum absolute atomic E-state index is 11.0. The van der Waals surface area contributed by atoms with Gasteiger partial charge in [0.05, 0.1) is 11.3 Å². The molecule has 1 atom stereocenters. The van der Waals surface area contributed by atoms with E-state index in [1.165, 1.54) is 12.3 Å². The zero-order chi connectivity index (χ0) is 15.1. The number of carboxylic acids is 1. The molecule has 1 unspecified atom stereocenters. The normalized spacial score (nSPS) is 11.4. The van der Waals surface area contributed by atoms with Gasteiger partial charge in [-0.05, 0) is 12.5 Å². The van der Waals surface area contributed by atoms with Crippen molar-refractivity contribution in [2.24, 2.45) is 0 Å². The Bertz CT molecular complexity index is 553. The van der Waals surface area contributed by atoms with Crippen LogP contribution in [0.2, 0.25) is 0 Å². The molecule has 1 rings (SSSR count). The Morgan fingerprint density at radius 3 is 2.90 bits per heavy atom. The van der Waals surface area contributed by atoms with Crippen LogP contribution in [0, 0.1) is 21.4 Å². The van der Waals surface area contributed by atoms with E-state index >= 15 is 0 Å². The topological polar surface area (TPSA) is 129 Å². The third kappa shape index (κ3) is 3.91. The fourth-order valence-corrected chi connectivity index (χ4v) is 1.81. The Morgan fingerprint density at radius 2 is 2.40 bits per heavy atom. The SMILES string of the molecule is CCCC(CC(=O)O)Nc1nccc(C#N)c1[N+](=O)[O-]. The highest BCUT2D eigenvalue weighted by Crippen LogP contribution is 2.27. The molecule has 0 aliphatic carbocycles. The third-order valence-corrected chi connectivity index (χ3v) is 2.63. The van der Waals surface area contributed by atoms with Gasteiger partial charge in [0.1, 0.15) is 11.6 Å². The van der Waals surface area contributed by atoms with Crippen molar-refractivity contribution in [3.63, 3.8) is 0 Å². The quantitative estimate of drug-likeness (QED) is 0.575. The van der Waals surface area contributed by atoms with Crippen molar-refractivity contribution < 1.29 is 14.8 Å². The molecule has 20 heavy (non-hydrogen) atoms. The van der Waals surface area contributed by atoms with E-state index in [1.54, 1.807) is 6.07 Å². The summed E-state index contributed by atoms with van der Waals surface area (Å²) in [5.74, 6) is -1.08. The van der Waals surface area contributed by atoms with E-state index in [2.05, 4.69) is 10.3 Å². The number of nitro groups is 1. The van der Waals surface area contributed by atoms with Crippen LogP contribution in [0.3, 0.4) is 0 Å². The Balaban J connectivity index is 3.09. The molecule has 0 bridgehead atoms. The Labute approximate surface area is 115 Å². The van der Waals surface area contributed by atoms with Crippen molar-refractivity contribution >= 4 is 17.5 Å². The van der Waals surface area contributed by atoms with Gasteiger partial charge in [-0.2, -0.15) is 5.26 Å². The molecular weight excluding hydrogens is 264 g/mol. The lowest BCUT2D eigenvalue weighted by atomic mass is 10.1. The number of hydrogen-bond donors (Lipinski definition) is 2. The maximum Gasteiger partial charge on any atom is 0.328 e. The first-order chi connectivity index (χ1) is 9.49. The Morgan fingerprint density at radius 1 is 1.70 bits per heavy atom. The third-order valence-electron chi connectivity index (χ3n) is 2.63. The summed E-state index contributed by atoms with van der Waals surface area (Å²) in [4.78, 5) is 24.9. The molecule has 2 N–H and O–H groups in total. The molecular formula is C12H14N4O4.